The molecule has 1 aromatic carbocycles. The fourth-order valence-electron chi connectivity index (χ4n) is 2.47. The van der Waals surface area contributed by atoms with Crippen LogP contribution in [0.3, 0.4) is 0 Å². The summed E-state index contributed by atoms with van der Waals surface area (Å²) < 4.78 is 0. The molecule has 0 radical (unpaired) electrons. The number of fused-ring (bicyclic) bond motifs is 1. The number of hydrogen-bond donors (Lipinski definition) is 1. The summed E-state index contributed by atoms with van der Waals surface area (Å²) in [6.07, 6.45) is 4.13. The highest BCUT2D eigenvalue weighted by Gasteiger charge is 2.27. The summed E-state index contributed by atoms with van der Waals surface area (Å²) >= 11 is 0. The first kappa shape index (κ1) is 11.3. The predicted octanol–water partition coefficient (Wildman–Crippen LogP) is 3.15. The van der Waals surface area contributed by atoms with Gasteiger partial charge in [-0.25, -0.2) is 9.97 Å². The lowest BCUT2D eigenvalue weighted by atomic mass is 10.1. The van der Waals surface area contributed by atoms with Gasteiger partial charge in [-0.15, -0.1) is 0 Å². The van der Waals surface area contributed by atoms with Crippen molar-refractivity contribution >= 4 is 16.7 Å². The molecule has 0 atom stereocenters. The Morgan fingerprint density at radius 1 is 1.05 bits per heavy atom. The zero-order valence-corrected chi connectivity index (χ0v) is 11.0. The van der Waals surface area contributed by atoms with Gasteiger partial charge in [-0.2, -0.15) is 0 Å². The molecule has 0 unspecified atom stereocenters. The fraction of sp³-hybridized carbons (Fsp3) is 0.188. The second kappa shape index (κ2) is 4.27. The molecule has 1 aliphatic carbocycles. The average Bonchev–Trinajstić information content (AvgIpc) is 3.30. The van der Waals surface area contributed by atoms with Gasteiger partial charge in [-0.05, 0) is 25.0 Å². The van der Waals surface area contributed by atoms with Crippen LogP contribution in [0.1, 0.15) is 24.6 Å². The minimum absolute atomic E-state index is 0.491. The van der Waals surface area contributed by atoms with Crippen LogP contribution in [-0.2, 0) is 0 Å². The summed E-state index contributed by atoms with van der Waals surface area (Å²) in [5.41, 5.74) is 8.86. The highest BCUT2D eigenvalue weighted by molar-refractivity contribution is 5.93. The van der Waals surface area contributed by atoms with Crippen molar-refractivity contribution in [1.29, 1.82) is 0 Å². The molecule has 1 saturated carbocycles. The number of anilines is 1. The van der Waals surface area contributed by atoms with Crippen molar-refractivity contribution < 1.29 is 0 Å². The molecular formula is C16H14N4. The van der Waals surface area contributed by atoms with Gasteiger partial charge in [0.1, 0.15) is 11.6 Å². The molecule has 2 N–H and O–H groups in total. The molecule has 0 spiro atoms. The molecule has 0 saturated heterocycles. The van der Waals surface area contributed by atoms with Crippen LogP contribution in [0.15, 0.2) is 42.6 Å². The standard InChI is InChI=1S/C16H14N4/c17-15-9-14(19-16(20-15)10-6-7-10)12-3-1-5-13-11(12)4-2-8-18-13/h1-5,8-10H,6-7H2,(H2,17,19,20). The zero-order chi connectivity index (χ0) is 13.5. The average molecular weight is 262 g/mol. The number of nitrogen functional groups attached to an aromatic ring is 1. The Morgan fingerprint density at radius 2 is 1.95 bits per heavy atom. The quantitative estimate of drug-likeness (QED) is 0.770. The van der Waals surface area contributed by atoms with E-state index in [9.17, 15) is 0 Å². The summed E-state index contributed by atoms with van der Waals surface area (Å²) in [5, 5.41) is 1.09. The van der Waals surface area contributed by atoms with Crippen molar-refractivity contribution in [2.75, 3.05) is 5.73 Å². The van der Waals surface area contributed by atoms with E-state index in [-0.39, 0.29) is 0 Å². The molecule has 4 rings (SSSR count). The van der Waals surface area contributed by atoms with E-state index in [1.807, 2.05) is 24.3 Å². The van der Waals surface area contributed by atoms with Crippen LogP contribution in [0.25, 0.3) is 22.2 Å². The van der Waals surface area contributed by atoms with E-state index in [0.717, 1.165) is 28.0 Å². The smallest absolute Gasteiger partial charge is 0.134 e. The van der Waals surface area contributed by atoms with Crippen molar-refractivity contribution in [2.45, 2.75) is 18.8 Å². The van der Waals surface area contributed by atoms with E-state index in [0.29, 0.717) is 11.7 Å². The normalized spacial score (nSPS) is 14.6. The van der Waals surface area contributed by atoms with Gasteiger partial charge in [0, 0.05) is 29.1 Å². The van der Waals surface area contributed by atoms with Crippen molar-refractivity contribution in [1.82, 2.24) is 15.0 Å². The summed E-state index contributed by atoms with van der Waals surface area (Å²) in [4.78, 5) is 13.4. The van der Waals surface area contributed by atoms with Crippen LogP contribution < -0.4 is 5.73 Å². The second-order valence-corrected chi connectivity index (χ2v) is 5.19. The van der Waals surface area contributed by atoms with E-state index in [1.54, 1.807) is 6.20 Å². The number of hydrogen-bond acceptors (Lipinski definition) is 4. The lowest BCUT2D eigenvalue weighted by Gasteiger charge is -2.08. The van der Waals surface area contributed by atoms with Gasteiger partial charge in [-0.1, -0.05) is 18.2 Å². The van der Waals surface area contributed by atoms with Crippen molar-refractivity contribution in [3.05, 3.63) is 48.4 Å². The zero-order valence-electron chi connectivity index (χ0n) is 11.0. The molecule has 20 heavy (non-hydrogen) atoms. The number of rotatable bonds is 2. The molecule has 3 aromatic rings. The molecule has 0 aliphatic heterocycles. The number of aromatic nitrogens is 3. The summed E-state index contributed by atoms with van der Waals surface area (Å²) in [7, 11) is 0. The first-order chi connectivity index (χ1) is 9.81. The fourth-order valence-corrected chi connectivity index (χ4v) is 2.47. The predicted molar refractivity (Wildman–Crippen MR) is 79.2 cm³/mol. The number of pyridine rings is 1. The topological polar surface area (TPSA) is 64.7 Å². The monoisotopic (exact) mass is 262 g/mol. The Morgan fingerprint density at radius 3 is 2.80 bits per heavy atom. The SMILES string of the molecule is Nc1cc(-c2cccc3ncccc23)nc(C2CC2)n1. The largest absolute Gasteiger partial charge is 0.384 e. The third-order valence-corrected chi connectivity index (χ3v) is 3.63. The minimum Gasteiger partial charge on any atom is -0.384 e. The number of nitrogens with zero attached hydrogens (tertiary/aromatic N) is 3. The molecule has 4 nitrogen and oxygen atoms in total. The van der Waals surface area contributed by atoms with Gasteiger partial charge in [0.05, 0.1) is 11.2 Å². The van der Waals surface area contributed by atoms with E-state index in [1.165, 1.54) is 12.8 Å². The lowest BCUT2D eigenvalue weighted by molar-refractivity contribution is 0.936. The molecule has 98 valence electrons. The molecule has 1 aliphatic rings. The highest BCUT2D eigenvalue weighted by atomic mass is 15.0. The lowest BCUT2D eigenvalue weighted by Crippen LogP contribution is -2.00. The van der Waals surface area contributed by atoms with E-state index in [4.69, 9.17) is 10.7 Å². The van der Waals surface area contributed by atoms with E-state index >= 15 is 0 Å². The molecule has 0 amide bonds. The van der Waals surface area contributed by atoms with E-state index in [2.05, 4.69) is 22.1 Å². The van der Waals surface area contributed by atoms with Crippen LogP contribution in [0.5, 0.6) is 0 Å². The van der Waals surface area contributed by atoms with Crippen molar-refractivity contribution in [2.24, 2.45) is 0 Å². The summed E-state index contributed by atoms with van der Waals surface area (Å²) in [6.45, 7) is 0. The van der Waals surface area contributed by atoms with Gasteiger partial charge in [0.2, 0.25) is 0 Å². The van der Waals surface area contributed by atoms with Crippen molar-refractivity contribution in [3.63, 3.8) is 0 Å². The van der Waals surface area contributed by atoms with Crippen LogP contribution >= 0.6 is 0 Å². The third kappa shape index (κ3) is 1.90. The van der Waals surface area contributed by atoms with Crippen molar-refractivity contribution in [3.8, 4) is 11.3 Å². The molecule has 2 aromatic heterocycles. The van der Waals surface area contributed by atoms with Gasteiger partial charge >= 0.3 is 0 Å². The first-order valence-electron chi connectivity index (χ1n) is 6.80. The maximum Gasteiger partial charge on any atom is 0.134 e. The molecule has 4 heteroatoms. The molecule has 2 heterocycles. The minimum atomic E-state index is 0.491. The Hall–Kier alpha value is -2.49. The summed E-state index contributed by atoms with van der Waals surface area (Å²) in [5.74, 6) is 1.91. The third-order valence-electron chi connectivity index (χ3n) is 3.63. The molecule has 1 fully saturated rings. The second-order valence-electron chi connectivity index (χ2n) is 5.19. The van der Waals surface area contributed by atoms with Crippen LogP contribution in [0.4, 0.5) is 5.82 Å². The Labute approximate surface area is 116 Å². The van der Waals surface area contributed by atoms with Gasteiger partial charge in [0.15, 0.2) is 0 Å². The van der Waals surface area contributed by atoms with E-state index < -0.39 is 0 Å². The maximum atomic E-state index is 5.94. The van der Waals surface area contributed by atoms with Gasteiger partial charge < -0.3 is 5.73 Å². The maximum absolute atomic E-state index is 5.94. The molecule has 0 bridgehead atoms. The van der Waals surface area contributed by atoms with Crippen LogP contribution in [-0.4, -0.2) is 15.0 Å². The Kier molecular flexibility index (Phi) is 2.42. The number of benzene rings is 1. The van der Waals surface area contributed by atoms with Crippen LogP contribution in [0.2, 0.25) is 0 Å². The summed E-state index contributed by atoms with van der Waals surface area (Å²) in [6, 6.07) is 11.9. The highest BCUT2D eigenvalue weighted by Crippen LogP contribution is 2.39. The van der Waals surface area contributed by atoms with Crippen LogP contribution in [0, 0.1) is 0 Å². The Bertz CT molecular complexity index is 788. The number of nitrogens with two attached hydrogens (primary N) is 1. The Balaban J connectivity index is 1.94. The molecular weight excluding hydrogens is 248 g/mol. The van der Waals surface area contributed by atoms with Gasteiger partial charge in [0.25, 0.3) is 0 Å². The first-order valence-corrected chi connectivity index (χ1v) is 6.80. The van der Waals surface area contributed by atoms with Gasteiger partial charge in [-0.3, -0.25) is 4.98 Å².